The first-order chi connectivity index (χ1) is 13.1. The van der Waals surface area contributed by atoms with Crippen molar-refractivity contribution in [2.45, 2.75) is 26.1 Å². The van der Waals surface area contributed by atoms with Crippen molar-refractivity contribution in [2.24, 2.45) is 0 Å². The van der Waals surface area contributed by atoms with Crippen LogP contribution in [0.25, 0.3) is 22.0 Å². The number of benzene rings is 3. The zero-order chi connectivity index (χ0) is 18.4. The molecule has 0 radical (unpaired) electrons. The number of hydrogen-bond acceptors (Lipinski definition) is 4. The van der Waals surface area contributed by atoms with E-state index in [1.807, 2.05) is 18.2 Å². The van der Waals surface area contributed by atoms with Gasteiger partial charge in [0.25, 0.3) is 0 Å². The van der Waals surface area contributed by atoms with Crippen LogP contribution in [0.1, 0.15) is 23.8 Å². The summed E-state index contributed by atoms with van der Waals surface area (Å²) in [5.74, 6) is 1.60. The van der Waals surface area contributed by atoms with Crippen molar-refractivity contribution < 1.29 is 9.47 Å². The molecule has 0 saturated heterocycles. The number of fused-ring (bicyclic) bond motifs is 4. The summed E-state index contributed by atoms with van der Waals surface area (Å²) in [4.78, 5) is 0. The second-order valence-electron chi connectivity index (χ2n) is 7.15. The molecule has 5 heteroatoms. The number of hydrogen-bond donors (Lipinski definition) is 0. The van der Waals surface area contributed by atoms with Crippen LogP contribution < -0.4 is 9.47 Å². The molecule has 134 valence electrons. The minimum atomic E-state index is -0.375. The van der Waals surface area contributed by atoms with Crippen molar-refractivity contribution in [1.29, 1.82) is 0 Å². The van der Waals surface area contributed by atoms with Crippen LogP contribution in [0.15, 0.2) is 60.7 Å². The average Bonchev–Trinajstić information content (AvgIpc) is 3.17. The molecule has 2 heterocycles. The first kappa shape index (κ1) is 16.5. The summed E-state index contributed by atoms with van der Waals surface area (Å²) in [6, 6.07) is 20.6. The van der Waals surface area contributed by atoms with Gasteiger partial charge in [-0.05, 0) is 0 Å². The van der Waals surface area contributed by atoms with E-state index in [4.69, 9.17) is 9.47 Å². The van der Waals surface area contributed by atoms with Gasteiger partial charge in [0.2, 0.25) is 0 Å². The summed E-state index contributed by atoms with van der Waals surface area (Å²) in [6.45, 7) is 4.67. The number of aromatic nitrogens is 2. The minimum absolute atomic E-state index is 0.0278. The van der Waals surface area contributed by atoms with Crippen LogP contribution in [-0.4, -0.2) is 23.9 Å². The van der Waals surface area contributed by atoms with Gasteiger partial charge in [-0.2, -0.15) is 0 Å². The Kier molecular flexibility index (Phi) is 3.81. The predicted molar refractivity (Wildman–Crippen MR) is 106 cm³/mol. The van der Waals surface area contributed by atoms with Gasteiger partial charge in [0.15, 0.2) is 0 Å². The Morgan fingerprint density at radius 3 is 2.81 bits per heavy atom. The van der Waals surface area contributed by atoms with E-state index in [0.29, 0.717) is 6.61 Å². The fourth-order valence-electron chi connectivity index (χ4n) is 3.54. The van der Waals surface area contributed by atoms with Crippen molar-refractivity contribution in [3.63, 3.8) is 0 Å². The maximum atomic E-state index is 6.25. The van der Waals surface area contributed by atoms with Crippen LogP contribution in [0.2, 0.25) is 0 Å². The molecular weight excluding hydrogens is 403 g/mol. The normalized spacial score (nSPS) is 14.3. The summed E-state index contributed by atoms with van der Waals surface area (Å²) in [6.07, 6.45) is 0. The van der Waals surface area contributed by atoms with Crippen LogP contribution >= 0.6 is 0 Å². The molecule has 1 aromatic heterocycles. The standard InChI is InChI=1S/C22H18N2O2Se/c1-22(2)21-20(23-24-27-21)18-11-10-16(12-19(18)26-22)25-13-15-8-5-7-14-6-3-4-9-17(14)15/h3-12H,13H2,1-2H3. The molecule has 4 aromatic rings. The summed E-state index contributed by atoms with van der Waals surface area (Å²) < 4.78 is 17.8. The SMILES string of the molecule is CC1(C)Oc2cc(OCc3cccc4ccccc34)ccc2-c2nn[se]c21. The van der Waals surface area contributed by atoms with Gasteiger partial charge < -0.3 is 0 Å². The third-order valence-corrected chi connectivity index (χ3v) is 7.05. The summed E-state index contributed by atoms with van der Waals surface area (Å²) in [7, 11) is 0. The predicted octanol–water partition coefficient (Wildman–Crippen LogP) is 4.56. The third kappa shape index (κ3) is 2.84. The van der Waals surface area contributed by atoms with Gasteiger partial charge in [-0.15, -0.1) is 0 Å². The molecule has 4 nitrogen and oxygen atoms in total. The molecule has 1 aliphatic rings. The Labute approximate surface area is 163 Å². The second kappa shape index (κ2) is 6.22. The second-order valence-corrected chi connectivity index (χ2v) is 8.73. The summed E-state index contributed by atoms with van der Waals surface area (Å²) in [5.41, 5.74) is 2.77. The Bertz CT molecular complexity index is 1140. The molecule has 0 spiro atoms. The molecule has 1 aliphatic heterocycles. The maximum absolute atomic E-state index is 6.25. The Balaban J connectivity index is 1.45. The van der Waals surface area contributed by atoms with E-state index >= 15 is 0 Å². The fourth-order valence-corrected chi connectivity index (χ4v) is 5.01. The molecule has 0 atom stereocenters. The van der Waals surface area contributed by atoms with Crippen molar-refractivity contribution in [3.05, 3.63) is 70.7 Å². The summed E-state index contributed by atoms with van der Waals surface area (Å²) >= 11 is 0.0278. The number of nitrogens with zero attached hydrogens (tertiary/aromatic N) is 2. The Morgan fingerprint density at radius 1 is 1.04 bits per heavy atom. The van der Waals surface area contributed by atoms with Crippen LogP contribution in [0.3, 0.4) is 0 Å². The van der Waals surface area contributed by atoms with E-state index in [2.05, 4.69) is 65.5 Å². The van der Waals surface area contributed by atoms with Gasteiger partial charge in [-0.3, -0.25) is 0 Å². The van der Waals surface area contributed by atoms with Crippen LogP contribution in [-0.2, 0) is 12.2 Å². The third-order valence-electron chi connectivity index (χ3n) is 4.88. The number of ether oxygens (including phenoxy) is 2. The fraction of sp³-hybridized carbons (Fsp3) is 0.182. The van der Waals surface area contributed by atoms with Crippen molar-refractivity contribution in [1.82, 2.24) is 9.19 Å². The molecule has 5 rings (SSSR count). The molecule has 0 bridgehead atoms. The zero-order valence-electron chi connectivity index (χ0n) is 15.1. The molecule has 27 heavy (non-hydrogen) atoms. The van der Waals surface area contributed by atoms with E-state index in [9.17, 15) is 0 Å². The van der Waals surface area contributed by atoms with Gasteiger partial charge in [0.05, 0.1) is 0 Å². The van der Waals surface area contributed by atoms with E-state index in [1.54, 1.807) is 0 Å². The zero-order valence-corrected chi connectivity index (χ0v) is 16.8. The van der Waals surface area contributed by atoms with E-state index in [0.717, 1.165) is 22.8 Å². The number of rotatable bonds is 3. The molecular formula is C22H18N2O2Se. The van der Waals surface area contributed by atoms with Gasteiger partial charge in [0, 0.05) is 0 Å². The molecule has 0 aliphatic carbocycles. The van der Waals surface area contributed by atoms with Crippen molar-refractivity contribution >= 4 is 25.5 Å². The van der Waals surface area contributed by atoms with Crippen molar-refractivity contribution in [2.75, 3.05) is 0 Å². The quantitative estimate of drug-likeness (QED) is 0.455. The van der Waals surface area contributed by atoms with E-state index in [1.165, 1.54) is 20.8 Å². The average molecular weight is 421 g/mol. The molecule has 0 fully saturated rings. The topological polar surface area (TPSA) is 44.2 Å². The summed E-state index contributed by atoms with van der Waals surface area (Å²) in [5, 5.41) is 6.81. The molecule has 3 aromatic carbocycles. The Morgan fingerprint density at radius 2 is 1.89 bits per heavy atom. The first-order valence-electron chi connectivity index (χ1n) is 8.87. The molecule has 0 N–H and O–H groups in total. The van der Waals surface area contributed by atoms with E-state index < -0.39 is 0 Å². The van der Waals surface area contributed by atoms with Gasteiger partial charge in [0.1, 0.15) is 0 Å². The monoisotopic (exact) mass is 422 g/mol. The van der Waals surface area contributed by atoms with E-state index in [-0.39, 0.29) is 20.3 Å². The first-order valence-corrected chi connectivity index (χ1v) is 10.5. The van der Waals surface area contributed by atoms with Crippen LogP contribution in [0, 0.1) is 0 Å². The van der Waals surface area contributed by atoms with Crippen molar-refractivity contribution in [3.8, 4) is 22.8 Å². The van der Waals surface area contributed by atoms with Crippen LogP contribution in [0.4, 0.5) is 0 Å². The van der Waals surface area contributed by atoms with Gasteiger partial charge >= 0.3 is 158 Å². The Hall–Kier alpha value is -2.62. The molecule has 0 saturated carbocycles. The van der Waals surface area contributed by atoms with Gasteiger partial charge in [-0.25, -0.2) is 0 Å². The van der Waals surface area contributed by atoms with Crippen LogP contribution in [0.5, 0.6) is 11.5 Å². The van der Waals surface area contributed by atoms with Gasteiger partial charge in [-0.1, -0.05) is 6.07 Å². The molecule has 0 unspecified atom stereocenters. The molecule has 0 amide bonds.